The lowest BCUT2D eigenvalue weighted by atomic mass is 9.51. The van der Waals surface area contributed by atoms with Crippen molar-refractivity contribution in [2.45, 2.75) is 42.9 Å². The van der Waals surface area contributed by atoms with Gasteiger partial charge in [0, 0.05) is 24.1 Å². The third kappa shape index (κ3) is 1.51. The molecule has 1 aromatic rings. The lowest BCUT2D eigenvalue weighted by molar-refractivity contribution is -0.154. The van der Waals surface area contributed by atoms with Crippen LogP contribution in [0.2, 0.25) is 0 Å². The Bertz CT molecular complexity index is 732. The van der Waals surface area contributed by atoms with Crippen molar-refractivity contribution in [3.05, 3.63) is 23.3 Å². The fourth-order valence-corrected chi connectivity index (χ4v) is 5.85. The summed E-state index contributed by atoms with van der Waals surface area (Å²) in [6, 6.07) is 4.60. The molecule has 4 aliphatic rings. The van der Waals surface area contributed by atoms with Crippen LogP contribution < -0.4 is 9.47 Å². The van der Waals surface area contributed by atoms with Crippen LogP contribution >= 0.6 is 0 Å². The zero-order valence-corrected chi connectivity index (χ0v) is 14.4. The fourth-order valence-electron chi connectivity index (χ4n) is 5.85. The largest absolute Gasteiger partial charge is 0.493 e. The van der Waals surface area contributed by atoms with Crippen LogP contribution in [0, 0.1) is 5.92 Å². The van der Waals surface area contributed by atoms with E-state index >= 15 is 0 Å². The zero-order valence-electron chi connectivity index (χ0n) is 14.4. The molecule has 2 fully saturated rings. The van der Waals surface area contributed by atoms with E-state index in [1.165, 1.54) is 11.1 Å². The van der Waals surface area contributed by atoms with Crippen LogP contribution in [0.15, 0.2) is 12.1 Å². The molecule has 1 spiro atoms. The summed E-state index contributed by atoms with van der Waals surface area (Å²) in [6.07, 6.45) is 1.98. The minimum Gasteiger partial charge on any atom is -0.493 e. The van der Waals surface area contributed by atoms with E-state index in [1.54, 1.807) is 14.2 Å². The molecular weight excluding hydrogens is 306 g/mol. The van der Waals surface area contributed by atoms with Crippen molar-refractivity contribution in [1.29, 1.82) is 0 Å². The van der Waals surface area contributed by atoms with Crippen molar-refractivity contribution in [3.63, 3.8) is 0 Å². The molecular formula is C19H23NO4. The van der Waals surface area contributed by atoms with Crippen molar-refractivity contribution in [2.75, 3.05) is 27.8 Å². The molecule has 2 aliphatic heterocycles. The highest BCUT2D eigenvalue weighted by molar-refractivity contribution is 5.92. The van der Waals surface area contributed by atoms with Gasteiger partial charge in [-0.15, -0.1) is 0 Å². The Balaban J connectivity index is 1.77. The maximum Gasteiger partial charge on any atom is 0.202 e. The van der Waals surface area contributed by atoms with Crippen LogP contribution in [-0.2, 0) is 21.4 Å². The van der Waals surface area contributed by atoms with E-state index in [0.717, 1.165) is 37.3 Å². The van der Waals surface area contributed by atoms with Crippen LogP contribution in [0.5, 0.6) is 11.5 Å². The molecule has 1 aromatic carbocycles. The Hall–Kier alpha value is -1.59. The summed E-state index contributed by atoms with van der Waals surface area (Å²) in [5.41, 5.74) is 2.38. The standard InChI is InChI=1S/C19H23NO4/c1-20-7-6-19-11-9-14(23-3)16(21)18(19)24-17-13(22-2)5-4-10(15(17)19)8-12(11)20/h4-5,11-12,14,18H,6-9H2,1-3H3/t11-,12+,14?,18-,19-/m0/s1. The number of hydrogen-bond donors (Lipinski definition) is 0. The molecule has 2 aliphatic carbocycles. The summed E-state index contributed by atoms with van der Waals surface area (Å²) in [7, 11) is 5.51. The minimum atomic E-state index is -0.428. The van der Waals surface area contributed by atoms with Gasteiger partial charge in [0.25, 0.3) is 0 Å². The molecule has 24 heavy (non-hydrogen) atoms. The second-order valence-corrected chi connectivity index (χ2v) is 7.64. The Labute approximate surface area is 141 Å². The maximum absolute atomic E-state index is 13.1. The lowest BCUT2D eigenvalue weighted by Crippen LogP contribution is -2.68. The maximum atomic E-state index is 13.1. The summed E-state index contributed by atoms with van der Waals surface area (Å²) < 4.78 is 17.4. The van der Waals surface area contributed by atoms with E-state index in [9.17, 15) is 4.79 Å². The van der Waals surface area contributed by atoms with E-state index in [4.69, 9.17) is 14.2 Å². The van der Waals surface area contributed by atoms with Gasteiger partial charge in [0.1, 0.15) is 6.10 Å². The number of nitrogens with zero attached hydrogens (tertiary/aromatic N) is 1. The van der Waals surface area contributed by atoms with Gasteiger partial charge in [-0.25, -0.2) is 0 Å². The quantitative estimate of drug-likeness (QED) is 0.824. The number of ketones is 1. The lowest BCUT2D eigenvalue weighted by Gasteiger charge is -2.57. The SMILES string of the molecule is COc1ccc2c3c1O[C@H]1C(=O)C(OC)C[C@H]4[C@@H](C2)N(C)CC[C@]314. The molecule has 5 atom stereocenters. The second-order valence-electron chi connectivity index (χ2n) is 7.64. The van der Waals surface area contributed by atoms with Crippen LogP contribution in [-0.4, -0.2) is 56.7 Å². The van der Waals surface area contributed by atoms with Crippen molar-refractivity contribution in [3.8, 4) is 11.5 Å². The van der Waals surface area contributed by atoms with E-state index < -0.39 is 6.10 Å². The number of likely N-dealkylation sites (N-methyl/N-ethyl adjacent to an activating group) is 1. The van der Waals surface area contributed by atoms with Gasteiger partial charge < -0.3 is 19.1 Å². The first kappa shape index (κ1) is 14.7. The van der Waals surface area contributed by atoms with Crippen LogP contribution in [0.1, 0.15) is 24.0 Å². The Morgan fingerprint density at radius 3 is 2.92 bits per heavy atom. The predicted molar refractivity (Wildman–Crippen MR) is 87.7 cm³/mol. The summed E-state index contributed by atoms with van der Waals surface area (Å²) >= 11 is 0. The highest BCUT2D eigenvalue weighted by atomic mass is 16.5. The molecule has 1 unspecified atom stereocenters. The number of rotatable bonds is 2. The number of carbonyl (C=O) groups is 1. The Kier molecular flexibility index (Phi) is 2.90. The van der Waals surface area contributed by atoms with Crippen LogP contribution in [0.25, 0.3) is 0 Å². The normalized spacial score (nSPS) is 39.4. The van der Waals surface area contributed by atoms with E-state index in [0.29, 0.717) is 12.0 Å². The van der Waals surface area contributed by atoms with Gasteiger partial charge >= 0.3 is 0 Å². The topological polar surface area (TPSA) is 48.0 Å². The van der Waals surface area contributed by atoms with Crippen molar-refractivity contribution < 1.29 is 19.0 Å². The van der Waals surface area contributed by atoms with Gasteiger partial charge in [-0.1, -0.05) is 6.07 Å². The minimum absolute atomic E-state index is 0.100. The molecule has 2 bridgehead atoms. The molecule has 2 heterocycles. The number of ether oxygens (including phenoxy) is 3. The first-order chi connectivity index (χ1) is 11.6. The second kappa shape index (κ2) is 4.73. The first-order valence-electron chi connectivity index (χ1n) is 8.75. The summed E-state index contributed by atoms with van der Waals surface area (Å²) in [6.45, 7) is 1.00. The van der Waals surface area contributed by atoms with Gasteiger partial charge in [-0.2, -0.15) is 0 Å². The first-order valence-corrected chi connectivity index (χ1v) is 8.75. The highest BCUT2D eigenvalue weighted by Gasteiger charge is 2.67. The summed E-state index contributed by atoms with van der Waals surface area (Å²) in [4.78, 5) is 15.5. The number of benzene rings is 1. The molecule has 1 saturated heterocycles. The number of carbonyl (C=O) groups excluding carboxylic acids is 1. The third-order valence-electron chi connectivity index (χ3n) is 6.92. The molecule has 0 N–H and O–H groups in total. The average molecular weight is 329 g/mol. The Morgan fingerprint density at radius 2 is 2.17 bits per heavy atom. The van der Waals surface area contributed by atoms with Crippen molar-refractivity contribution in [2.24, 2.45) is 5.92 Å². The smallest absolute Gasteiger partial charge is 0.202 e. The molecule has 0 aromatic heterocycles. The summed E-state index contributed by atoms with van der Waals surface area (Å²) in [5.74, 6) is 2.04. The monoisotopic (exact) mass is 329 g/mol. The van der Waals surface area contributed by atoms with Gasteiger partial charge in [0.05, 0.1) is 7.11 Å². The molecule has 5 rings (SSSR count). The molecule has 0 radical (unpaired) electrons. The van der Waals surface area contributed by atoms with E-state index in [1.807, 2.05) is 6.07 Å². The molecule has 5 heteroatoms. The summed E-state index contributed by atoms with van der Waals surface area (Å²) in [5, 5.41) is 0. The molecule has 0 amide bonds. The highest BCUT2D eigenvalue weighted by Crippen LogP contribution is 2.63. The zero-order chi connectivity index (χ0) is 16.6. The van der Waals surface area contributed by atoms with Crippen LogP contribution in [0.3, 0.4) is 0 Å². The van der Waals surface area contributed by atoms with Crippen molar-refractivity contribution in [1.82, 2.24) is 4.90 Å². The number of piperidine rings is 1. The molecule has 5 nitrogen and oxygen atoms in total. The number of hydrogen-bond acceptors (Lipinski definition) is 5. The van der Waals surface area contributed by atoms with Gasteiger partial charge in [0.2, 0.25) is 5.78 Å². The third-order valence-corrected chi connectivity index (χ3v) is 6.92. The predicted octanol–water partition coefficient (Wildman–Crippen LogP) is 1.56. The van der Waals surface area contributed by atoms with Gasteiger partial charge in [-0.05, 0) is 50.4 Å². The number of Topliss-reactive ketones (excluding diaryl/α,β-unsaturated/α-hetero) is 1. The molecule has 128 valence electrons. The van der Waals surface area contributed by atoms with Crippen LogP contribution in [0.4, 0.5) is 0 Å². The van der Waals surface area contributed by atoms with Gasteiger partial charge in [-0.3, -0.25) is 4.79 Å². The molecule has 1 saturated carbocycles. The Morgan fingerprint density at radius 1 is 1.33 bits per heavy atom. The average Bonchev–Trinajstić information content (AvgIpc) is 2.94. The number of methoxy groups -OCH3 is 2. The van der Waals surface area contributed by atoms with E-state index in [2.05, 4.69) is 18.0 Å². The van der Waals surface area contributed by atoms with Crippen molar-refractivity contribution >= 4 is 5.78 Å². The van der Waals surface area contributed by atoms with E-state index in [-0.39, 0.29) is 17.3 Å². The fraction of sp³-hybridized carbons (Fsp3) is 0.632. The van der Waals surface area contributed by atoms with Gasteiger partial charge in [0.15, 0.2) is 17.6 Å². The number of likely N-dealkylation sites (tertiary alicyclic amines) is 1.